The molecular weight excluding hydrogens is 734 g/mol. The zero-order valence-electron chi connectivity index (χ0n) is 32.0. The van der Waals surface area contributed by atoms with Crippen molar-refractivity contribution in [2.75, 3.05) is 49.5 Å². The standard InChI is InChI=1S/C42H46ClN7O6/c1-41(2)39(42(3,4)40(41)56-29-12-8-26(24-44)32(43)23-29)47-35(52)25-6-10-28(11-7-25)49-20-18-48(19-21-49)17-5-16-45-27-9-13-30-31(22-27)38(55)50(37(30)54)33-14-15-34(51)46-36(33)53/h6-13,22-23,33,39-40,45H,5,14-21H2,1-4H3,(H,47,52)(H,46,51,53). The molecule has 1 aliphatic carbocycles. The summed E-state index contributed by atoms with van der Waals surface area (Å²) in [6.45, 7) is 13.4. The highest BCUT2D eigenvalue weighted by molar-refractivity contribution is 6.31. The predicted molar refractivity (Wildman–Crippen MR) is 211 cm³/mol. The van der Waals surface area contributed by atoms with E-state index in [1.54, 1.807) is 36.4 Å². The van der Waals surface area contributed by atoms with E-state index < -0.39 is 29.7 Å². The topological polar surface area (TPSA) is 164 Å². The average Bonchev–Trinajstić information content (AvgIpc) is 3.42. The molecule has 7 rings (SSSR count). The fraction of sp³-hybridized carbons (Fsp3) is 0.429. The maximum atomic E-state index is 13.4. The molecule has 3 fully saturated rings. The lowest BCUT2D eigenvalue weighted by Crippen LogP contribution is -2.74. The third-order valence-corrected chi connectivity index (χ3v) is 12.0. The number of nitrogens with zero attached hydrogens (tertiary/aromatic N) is 4. The van der Waals surface area contributed by atoms with Crippen LogP contribution < -0.4 is 25.6 Å². The summed E-state index contributed by atoms with van der Waals surface area (Å²) in [4.78, 5) is 69.2. The lowest BCUT2D eigenvalue weighted by atomic mass is 9.49. The van der Waals surface area contributed by atoms with E-state index in [4.69, 9.17) is 16.3 Å². The van der Waals surface area contributed by atoms with Gasteiger partial charge in [-0.25, -0.2) is 0 Å². The molecule has 3 aromatic rings. The highest BCUT2D eigenvalue weighted by Gasteiger charge is 2.64. The molecule has 4 aliphatic rings. The smallest absolute Gasteiger partial charge is 0.262 e. The third-order valence-electron chi connectivity index (χ3n) is 11.7. The Hall–Kier alpha value is -5.45. The van der Waals surface area contributed by atoms with Crippen LogP contribution in [0.2, 0.25) is 5.02 Å². The molecule has 14 heteroatoms. The largest absolute Gasteiger partial charge is 0.489 e. The first kappa shape index (κ1) is 38.8. The summed E-state index contributed by atoms with van der Waals surface area (Å²) >= 11 is 6.24. The van der Waals surface area contributed by atoms with Crippen molar-refractivity contribution in [2.45, 2.75) is 65.1 Å². The molecule has 1 atom stereocenters. The Bertz CT molecular complexity index is 2110. The summed E-state index contributed by atoms with van der Waals surface area (Å²) in [6.07, 6.45) is 0.893. The molecule has 1 unspecified atom stereocenters. The number of hydrogen-bond acceptors (Lipinski definition) is 10. The van der Waals surface area contributed by atoms with Crippen LogP contribution >= 0.6 is 11.6 Å². The highest BCUT2D eigenvalue weighted by atomic mass is 35.5. The lowest BCUT2D eigenvalue weighted by Gasteiger charge is -2.63. The number of amides is 5. The van der Waals surface area contributed by atoms with Gasteiger partial charge in [0.05, 0.1) is 21.7 Å². The lowest BCUT2D eigenvalue weighted by molar-refractivity contribution is -0.164. The number of fused-ring (bicyclic) bond motifs is 1. The molecule has 3 aromatic carbocycles. The Morgan fingerprint density at radius 2 is 1.62 bits per heavy atom. The number of carbonyl (C=O) groups is 5. The summed E-state index contributed by atoms with van der Waals surface area (Å²) in [7, 11) is 0. The van der Waals surface area contributed by atoms with Crippen molar-refractivity contribution in [2.24, 2.45) is 10.8 Å². The summed E-state index contributed by atoms with van der Waals surface area (Å²) in [5, 5.41) is 18.4. The number of rotatable bonds is 11. The highest BCUT2D eigenvalue weighted by Crippen LogP contribution is 2.55. The van der Waals surface area contributed by atoms with E-state index in [0.29, 0.717) is 28.4 Å². The van der Waals surface area contributed by atoms with Crippen molar-refractivity contribution in [1.29, 1.82) is 5.26 Å². The molecule has 13 nitrogen and oxygen atoms in total. The molecule has 0 aromatic heterocycles. The van der Waals surface area contributed by atoms with E-state index in [0.717, 1.165) is 55.4 Å². The Kier molecular flexibility index (Phi) is 10.6. The van der Waals surface area contributed by atoms with Crippen molar-refractivity contribution < 1.29 is 28.7 Å². The number of piperidine rings is 1. The minimum atomic E-state index is -0.985. The van der Waals surface area contributed by atoms with Crippen LogP contribution in [0.25, 0.3) is 0 Å². The van der Waals surface area contributed by atoms with E-state index in [9.17, 15) is 29.2 Å². The van der Waals surface area contributed by atoms with Crippen LogP contribution in [0.5, 0.6) is 5.75 Å². The molecule has 0 spiro atoms. The van der Waals surface area contributed by atoms with Crippen LogP contribution in [0.3, 0.4) is 0 Å². The molecule has 0 radical (unpaired) electrons. The minimum absolute atomic E-state index is 0.0805. The molecule has 3 N–H and O–H groups in total. The molecule has 0 bridgehead atoms. The Balaban J connectivity index is 0.847. The van der Waals surface area contributed by atoms with E-state index in [-0.39, 0.29) is 52.9 Å². The van der Waals surface area contributed by atoms with Gasteiger partial charge in [0.15, 0.2) is 0 Å². The maximum Gasteiger partial charge on any atom is 0.262 e. The number of nitrogens with one attached hydrogen (secondary N) is 3. The summed E-state index contributed by atoms with van der Waals surface area (Å²) < 4.78 is 6.36. The number of carbonyl (C=O) groups excluding carboxylic acids is 5. The third kappa shape index (κ3) is 7.31. The van der Waals surface area contributed by atoms with Crippen molar-refractivity contribution in [1.82, 2.24) is 20.4 Å². The first-order chi connectivity index (χ1) is 26.7. The molecule has 56 heavy (non-hydrogen) atoms. The first-order valence-corrected chi connectivity index (χ1v) is 19.4. The zero-order chi connectivity index (χ0) is 39.9. The quantitative estimate of drug-likeness (QED) is 0.181. The predicted octanol–water partition coefficient (Wildman–Crippen LogP) is 4.85. The second-order valence-electron chi connectivity index (χ2n) is 16.2. The second kappa shape index (κ2) is 15.2. The summed E-state index contributed by atoms with van der Waals surface area (Å²) in [5.41, 5.74) is 2.59. The van der Waals surface area contributed by atoms with Gasteiger partial charge in [0.25, 0.3) is 17.7 Å². The van der Waals surface area contributed by atoms with Gasteiger partial charge in [0.2, 0.25) is 11.8 Å². The van der Waals surface area contributed by atoms with Gasteiger partial charge in [-0.15, -0.1) is 0 Å². The minimum Gasteiger partial charge on any atom is -0.489 e. The second-order valence-corrected chi connectivity index (χ2v) is 16.6. The van der Waals surface area contributed by atoms with Crippen molar-refractivity contribution in [3.8, 4) is 11.8 Å². The van der Waals surface area contributed by atoms with E-state index in [2.05, 4.69) is 59.5 Å². The van der Waals surface area contributed by atoms with Gasteiger partial charge in [0, 0.05) is 79.0 Å². The van der Waals surface area contributed by atoms with Gasteiger partial charge in [-0.2, -0.15) is 5.26 Å². The molecule has 292 valence electrons. The Morgan fingerprint density at radius 1 is 0.929 bits per heavy atom. The zero-order valence-corrected chi connectivity index (χ0v) is 32.7. The van der Waals surface area contributed by atoms with Crippen LogP contribution in [0, 0.1) is 22.2 Å². The first-order valence-electron chi connectivity index (χ1n) is 19.0. The fourth-order valence-electron chi connectivity index (χ4n) is 8.98. The number of benzene rings is 3. The van der Waals surface area contributed by atoms with Crippen LogP contribution in [-0.2, 0) is 9.59 Å². The fourth-order valence-corrected chi connectivity index (χ4v) is 9.19. The van der Waals surface area contributed by atoms with E-state index in [1.165, 1.54) is 0 Å². The van der Waals surface area contributed by atoms with Crippen molar-refractivity contribution in [3.05, 3.63) is 87.9 Å². The van der Waals surface area contributed by atoms with E-state index in [1.807, 2.05) is 24.3 Å². The van der Waals surface area contributed by atoms with Crippen molar-refractivity contribution >= 4 is 52.5 Å². The molecule has 3 heterocycles. The molecule has 5 amide bonds. The SMILES string of the molecule is CC1(C)C(NC(=O)c2ccc(N3CCN(CCCNc4ccc5c(c4)C(=O)N(C4CCC(=O)NC4=O)C5=O)CC3)cc2)C(C)(C)C1Oc1ccc(C#N)c(Cl)c1. The number of halogens is 1. The maximum absolute atomic E-state index is 13.4. The number of ether oxygens (including phenoxy) is 1. The number of nitriles is 1. The van der Waals surface area contributed by atoms with Gasteiger partial charge in [-0.3, -0.25) is 39.1 Å². The van der Waals surface area contributed by atoms with Gasteiger partial charge < -0.3 is 20.3 Å². The van der Waals surface area contributed by atoms with Gasteiger partial charge in [-0.05, 0) is 74.0 Å². The average molecular weight is 780 g/mol. The molecule has 2 saturated heterocycles. The monoisotopic (exact) mass is 779 g/mol. The number of hydrogen-bond donors (Lipinski definition) is 3. The molecule has 1 saturated carbocycles. The Morgan fingerprint density at radius 3 is 2.29 bits per heavy atom. The number of piperazine rings is 1. The van der Waals surface area contributed by atoms with Gasteiger partial charge >= 0.3 is 0 Å². The van der Waals surface area contributed by atoms with E-state index >= 15 is 0 Å². The molecule has 3 aliphatic heterocycles. The van der Waals surface area contributed by atoms with Crippen LogP contribution in [0.4, 0.5) is 11.4 Å². The van der Waals surface area contributed by atoms with Crippen LogP contribution in [0.15, 0.2) is 60.7 Å². The Labute approximate surface area is 331 Å². The normalized spacial score (nSPS) is 22.8. The number of imide groups is 2. The van der Waals surface area contributed by atoms with Gasteiger partial charge in [-0.1, -0.05) is 39.3 Å². The van der Waals surface area contributed by atoms with Crippen LogP contribution in [-0.4, -0.2) is 96.8 Å². The number of anilines is 2. The van der Waals surface area contributed by atoms with Gasteiger partial charge in [0.1, 0.15) is 24.0 Å². The molecular formula is C42H46ClN7O6. The van der Waals surface area contributed by atoms with Crippen molar-refractivity contribution in [3.63, 3.8) is 0 Å². The van der Waals surface area contributed by atoms with Crippen LogP contribution in [0.1, 0.15) is 83.6 Å². The summed E-state index contributed by atoms with van der Waals surface area (Å²) in [5.74, 6) is -1.60. The summed E-state index contributed by atoms with van der Waals surface area (Å²) in [6, 6.07) is 18.8.